The average molecular weight is 181 g/mol. The largest absolute Gasteiger partial charge is 0.368 e. The summed E-state index contributed by atoms with van der Waals surface area (Å²) in [5.74, 6) is 1.79. The Kier molecular flexibility index (Phi) is 3.13. The molecule has 0 saturated carbocycles. The number of hydrogen-bond donors (Lipinski definition) is 1. The van der Waals surface area contributed by atoms with Crippen molar-refractivity contribution >= 4 is 5.95 Å². The van der Waals surface area contributed by atoms with Crippen molar-refractivity contribution in [2.24, 2.45) is 0 Å². The molecule has 0 unspecified atom stereocenters. The standard InChI is InChI=1S/C8H15N5/c1-4-6-10-7(5-13(2)3)12-8(9)11-6/h4-5H2,1-3H3,(H2,9,10,11,12). The van der Waals surface area contributed by atoms with E-state index in [0.717, 1.165) is 18.1 Å². The minimum absolute atomic E-state index is 0.309. The Balaban J connectivity index is 2.88. The number of rotatable bonds is 3. The van der Waals surface area contributed by atoms with Crippen molar-refractivity contribution in [3.8, 4) is 0 Å². The summed E-state index contributed by atoms with van der Waals surface area (Å²) < 4.78 is 0. The van der Waals surface area contributed by atoms with E-state index in [1.54, 1.807) is 0 Å². The van der Waals surface area contributed by atoms with Gasteiger partial charge in [-0.25, -0.2) is 4.98 Å². The summed E-state index contributed by atoms with van der Waals surface area (Å²) in [5.41, 5.74) is 5.53. The molecule has 0 aromatic carbocycles. The van der Waals surface area contributed by atoms with Crippen molar-refractivity contribution in [1.82, 2.24) is 19.9 Å². The molecule has 5 nitrogen and oxygen atoms in total. The van der Waals surface area contributed by atoms with Crippen molar-refractivity contribution in [2.75, 3.05) is 19.8 Å². The van der Waals surface area contributed by atoms with Crippen LogP contribution in [-0.4, -0.2) is 33.9 Å². The molecule has 2 N–H and O–H groups in total. The molecule has 0 atom stereocenters. The molecule has 0 saturated heterocycles. The Labute approximate surface area is 78.0 Å². The second-order valence-electron chi connectivity index (χ2n) is 3.12. The topological polar surface area (TPSA) is 67.9 Å². The van der Waals surface area contributed by atoms with Crippen LogP contribution in [0.25, 0.3) is 0 Å². The van der Waals surface area contributed by atoms with Crippen molar-refractivity contribution in [3.63, 3.8) is 0 Å². The Bertz CT molecular complexity index is 284. The number of anilines is 1. The van der Waals surface area contributed by atoms with Crippen LogP contribution in [0.3, 0.4) is 0 Å². The van der Waals surface area contributed by atoms with Crippen molar-refractivity contribution in [1.29, 1.82) is 0 Å². The molecular formula is C8H15N5. The molecule has 0 radical (unpaired) electrons. The summed E-state index contributed by atoms with van der Waals surface area (Å²) in [5, 5.41) is 0. The third-order valence-electron chi connectivity index (χ3n) is 1.52. The van der Waals surface area contributed by atoms with Crippen molar-refractivity contribution in [2.45, 2.75) is 19.9 Å². The monoisotopic (exact) mass is 181 g/mol. The number of aromatic nitrogens is 3. The van der Waals surface area contributed by atoms with Crippen molar-refractivity contribution in [3.05, 3.63) is 11.6 Å². The number of nitrogens with zero attached hydrogens (tertiary/aromatic N) is 4. The van der Waals surface area contributed by atoms with E-state index in [0.29, 0.717) is 12.5 Å². The van der Waals surface area contributed by atoms with Gasteiger partial charge in [-0.3, -0.25) is 0 Å². The normalized spacial score (nSPS) is 10.8. The fourth-order valence-corrected chi connectivity index (χ4v) is 1.00. The number of hydrogen-bond acceptors (Lipinski definition) is 5. The highest BCUT2D eigenvalue weighted by molar-refractivity contribution is 5.15. The van der Waals surface area contributed by atoms with E-state index in [1.165, 1.54) is 0 Å². The third kappa shape index (κ3) is 2.95. The molecule has 0 aliphatic heterocycles. The lowest BCUT2D eigenvalue weighted by Gasteiger charge is -2.08. The highest BCUT2D eigenvalue weighted by Crippen LogP contribution is 1.99. The number of nitrogen functional groups attached to an aromatic ring is 1. The molecule has 1 aromatic heterocycles. The second-order valence-corrected chi connectivity index (χ2v) is 3.12. The molecule has 5 heteroatoms. The average Bonchev–Trinajstić information content (AvgIpc) is 2.01. The van der Waals surface area contributed by atoms with Crippen LogP contribution >= 0.6 is 0 Å². The summed E-state index contributed by atoms with van der Waals surface area (Å²) in [4.78, 5) is 14.3. The van der Waals surface area contributed by atoms with Gasteiger partial charge in [0.1, 0.15) is 11.6 Å². The van der Waals surface area contributed by atoms with E-state index in [-0.39, 0.29) is 0 Å². The molecule has 1 aromatic rings. The van der Waals surface area contributed by atoms with Gasteiger partial charge in [-0.2, -0.15) is 9.97 Å². The van der Waals surface area contributed by atoms with Crippen LogP contribution in [0.15, 0.2) is 0 Å². The van der Waals surface area contributed by atoms with Gasteiger partial charge in [-0.05, 0) is 14.1 Å². The molecule has 72 valence electrons. The van der Waals surface area contributed by atoms with Gasteiger partial charge in [0.15, 0.2) is 0 Å². The zero-order chi connectivity index (χ0) is 9.84. The first-order valence-electron chi connectivity index (χ1n) is 4.26. The lowest BCUT2D eigenvalue weighted by molar-refractivity contribution is 0.389. The first-order valence-corrected chi connectivity index (χ1v) is 4.26. The van der Waals surface area contributed by atoms with Gasteiger partial charge in [0.2, 0.25) is 5.95 Å². The molecular weight excluding hydrogens is 166 g/mol. The van der Waals surface area contributed by atoms with E-state index >= 15 is 0 Å². The molecule has 0 fully saturated rings. The van der Waals surface area contributed by atoms with E-state index in [9.17, 15) is 0 Å². The highest BCUT2D eigenvalue weighted by atomic mass is 15.1. The van der Waals surface area contributed by atoms with E-state index in [2.05, 4.69) is 15.0 Å². The maximum atomic E-state index is 5.53. The predicted octanol–water partition coefficient (Wildman–Crippen LogP) is 0.0778. The SMILES string of the molecule is CCc1nc(N)nc(CN(C)C)n1. The van der Waals surface area contributed by atoms with Crippen LogP contribution in [0, 0.1) is 0 Å². The van der Waals surface area contributed by atoms with Gasteiger partial charge in [-0.15, -0.1) is 0 Å². The molecule has 1 heterocycles. The molecule has 13 heavy (non-hydrogen) atoms. The Morgan fingerprint density at radius 3 is 2.31 bits per heavy atom. The quantitative estimate of drug-likeness (QED) is 0.715. The first-order chi connectivity index (χ1) is 6.11. The van der Waals surface area contributed by atoms with Crippen LogP contribution in [0.2, 0.25) is 0 Å². The van der Waals surface area contributed by atoms with Crippen LogP contribution in [0.5, 0.6) is 0 Å². The zero-order valence-electron chi connectivity index (χ0n) is 8.28. The molecule has 0 amide bonds. The van der Waals surface area contributed by atoms with Gasteiger partial charge in [-0.1, -0.05) is 6.92 Å². The first kappa shape index (κ1) is 9.85. The van der Waals surface area contributed by atoms with Gasteiger partial charge < -0.3 is 10.6 Å². The number of nitrogens with two attached hydrogens (primary N) is 1. The van der Waals surface area contributed by atoms with Crippen molar-refractivity contribution < 1.29 is 0 Å². The van der Waals surface area contributed by atoms with Crippen LogP contribution in [-0.2, 0) is 13.0 Å². The maximum Gasteiger partial charge on any atom is 0.223 e. The van der Waals surface area contributed by atoms with E-state index in [1.807, 2.05) is 25.9 Å². The molecule has 0 bridgehead atoms. The Morgan fingerprint density at radius 1 is 1.15 bits per heavy atom. The van der Waals surface area contributed by atoms with Crippen LogP contribution in [0.1, 0.15) is 18.6 Å². The highest BCUT2D eigenvalue weighted by Gasteiger charge is 2.03. The van der Waals surface area contributed by atoms with E-state index in [4.69, 9.17) is 5.73 Å². The third-order valence-corrected chi connectivity index (χ3v) is 1.52. The lowest BCUT2D eigenvalue weighted by Crippen LogP contribution is -2.16. The summed E-state index contributed by atoms with van der Waals surface area (Å²) in [6.07, 6.45) is 0.785. The second kappa shape index (κ2) is 4.13. The maximum absolute atomic E-state index is 5.53. The number of aryl methyl sites for hydroxylation is 1. The van der Waals surface area contributed by atoms with Crippen LogP contribution in [0.4, 0.5) is 5.95 Å². The smallest absolute Gasteiger partial charge is 0.223 e. The summed E-state index contributed by atoms with van der Waals surface area (Å²) >= 11 is 0. The fraction of sp³-hybridized carbons (Fsp3) is 0.625. The fourth-order valence-electron chi connectivity index (χ4n) is 1.00. The molecule has 0 aliphatic rings. The summed E-state index contributed by atoms with van der Waals surface area (Å²) in [6, 6.07) is 0. The summed E-state index contributed by atoms with van der Waals surface area (Å²) in [7, 11) is 3.93. The molecule has 0 aliphatic carbocycles. The van der Waals surface area contributed by atoms with Gasteiger partial charge in [0.25, 0.3) is 0 Å². The zero-order valence-corrected chi connectivity index (χ0v) is 8.28. The van der Waals surface area contributed by atoms with Crippen LogP contribution < -0.4 is 5.73 Å². The predicted molar refractivity (Wildman–Crippen MR) is 51.0 cm³/mol. The Hall–Kier alpha value is -1.23. The lowest BCUT2D eigenvalue weighted by atomic mass is 10.4. The Morgan fingerprint density at radius 2 is 1.77 bits per heavy atom. The van der Waals surface area contributed by atoms with Gasteiger partial charge in [0.05, 0.1) is 6.54 Å². The summed E-state index contributed by atoms with van der Waals surface area (Å²) in [6.45, 7) is 2.69. The van der Waals surface area contributed by atoms with Gasteiger partial charge >= 0.3 is 0 Å². The molecule has 1 rings (SSSR count). The minimum Gasteiger partial charge on any atom is -0.368 e. The molecule has 0 spiro atoms. The van der Waals surface area contributed by atoms with E-state index < -0.39 is 0 Å². The van der Waals surface area contributed by atoms with Gasteiger partial charge in [0, 0.05) is 6.42 Å². The minimum atomic E-state index is 0.309.